The van der Waals surface area contributed by atoms with Crippen molar-refractivity contribution in [1.29, 1.82) is 0 Å². The fraction of sp³-hybridized carbons (Fsp3) is 0.846. The lowest BCUT2D eigenvalue weighted by Gasteiger charge is -2.31. The van der Waals surface area contributed by atoms with Crippen molar-refractivity contribution >= 4 is 0 Å². The quantitative estimate of drug-likeness (QED) is 0.525. The van der Waals surface area contributed by atoms with Crippen molar-refractivity contribution < 1.29 is 0 Å². The summed E-state index contributed by atoms with van der Waals surface area (Å²) < 4.78 is 0. The molecule has 0 N–H and O–H groups in total. The van der Waals surface area contributed by atoms with E-state index in [1.165, 1.54) is 44.9 Å². The molecule has 0 atom stereocenters. The maximum atomic E-state index is 2.40. The zero-order chi connectivity index (χ0) is 9.26. The second kappa shape index (κ2) is 3.86. The van der Waals surface area contributed by atoms with Gasteiger partial charge in [-0.3, -0.25) is 0 Å². The summed E-state index contributed by atoms with van der Waals surface area (Å²) in [5.74, 6) is 1.97. The third kappa shape index (κ3) is 1.98. The highest BCUT2D eigenvalue weighted by atomic mass is 14.3. The van der Waals surface area contributed by atoms with Crippen molar-refractivity contribution in [3.8, 4) is 0 Å². The molecule has 0 spiro atoms. The monoisotopic (exact) mass is 178 g/mol. The molecule has 0 heterocycles. The Balaban J connectivity index is 1.97. The van der Waals surface area contributed by atoms with Crippen molar-refractivity contribution in [3.05, 3.63) is 11.1 Å². The van der Waals surface area contributed by atoms with Crippen LogP contribution >= 0.6 is 0 Å². The molecule has 13 heavy (non-hydrogen) atoms. The van der Waals surface area contributed by atoms with E-state index in [0.29, 0.717) is 0 Å². The average Bonchev–Trinajstić information content (AvgIpc) is 2.02. The van der Waals surface area contributed by atoms with Crippen molar-refractivity contribution in [3.63, 3.8) is 0 Å². The first-order chi connectivity index (χ1) is 6.27. The third-order valence-corrected chi connectivity index (χ3v) is 4.15. The molecule has 0 nitrogen and oxygen atoms in total. The molecular weight excluding hydrogens is 156 g/mol. The molecule has 2 aliphatic carbocycles. The maximum absolute atomic E-state index is 2.40. The van der Waals surface area contributed by atoms with Gasteiger partial charge in [-0.15, -0.1) is 0 Å². The molecule has 74 valence electrons. The number of hydrogen-bond donors (Lipinski definition) is 0. The molecule has 0 aromatic rings. The van der Waals surface area contributed by atoms with Crippen LogP contribution in [0.15, 0.2) is 11.1 Å². The van der Waals surface area contributed by atoms with Gasteiger partial charge in [0, 0.05) is 0 Å². The molecule has 2 aliphatic rings. The third-order valence-electron chi connectivity index (χ3n) is 4.15. The predicted octanol–water partition coefficient (Wildman–Crippen LogP) is 4.31. The Hall–Kier alpha value is -0.260. The molecule has 0 aliphatic heterocycles. The summed E-state index contributed by atoms with van der Waals surface area (Å²) in [6, 6.07) is 0. The molecule has 0 unspecified atom stereocenters. The van der Waals surface area contributed by atoms with Gasteiger partial charge in [0.15, 0.2) is 0 Å². The molecule has 0 amide bonds. The van der Waals surface area contributed by atoms with E-state index >= 15 is 0 Å². The average molecular weight is 178 g/mol. The van der Waals surface area contributed by atoms with Crippen molar-refractivity contribution in [1.82, 2.24) is 0 Å². The first-order valence-corrected chi connectivity index (χ1v) is 5.96. The van der Waals surface area contributed by atoms with E-state index in [4.69, 9.17) is 0 Å². The van der Waals surface area contributed by atoms with E-state index in [1.807, 2.05) is 5.57 Å². The molecule has 0 radical (unpaired) electrons. The lowest BCUT2D eigenvalue weighted by molar-refractivity contribution is 0.356. The minimum Gasteiger partial charge on any atom is -0.0710 e. The standard InChI is InChI=1S/C13H22/c1-10-6-8-13(9-7-10)11(2)12-4-3-5-12/h10,12H,3-9H2,1-2H3. The van der Waals surface area contributed by atoms with Crippen LogP contribution in [0.4, 0.5) is 0 Å². The highest BCUT2D eigenvalue weighted by Crippen LogP contribution is 2.38. The zero-order valence-corrected chi connectivity index (χ0v) is 9.10. The predicted molar refractivity (Wildman–Crippen MR) is 57.7 cm³/mol. The minimum atomic E-state index is 0.984. The molecule has 0 aromatic carbocycles. The summed E-state index contributed by atoms with van der Waals surface area (Å²) in [4.78, 5) is 0. The van der Waals surface area contributed by atoms with E-state index in [2.05, 4.69) is 13.8 Å². The minimum absolute atomic E-state index is 0.984. The SMILES string of the molecule is CC(=C1CCC(C)CC1)C1CCC1. The van der Waals surface area contributed by atoms with Crippen LogP contribution in [-0.4, -0.2) is 0 Å². The Labute approximate surface area is 82.4 Å². The van der Waals surface area contributed by atoms with Gasteiger partial charge in [-0.2, -0.15) is 0 Å². The van der Waals surface area contributed by atoms with Crippen LogP contribution in [0.2, 0.25) is 0 Å². The van der Waals surface area contributed by atoms with Crippen LogP contribution in [0, 0.1) is 11.8 Å². The second-order valence-electron chi connectivity index (χ2n) is 5.10. The van der Waals surface area contributed by atoms with E-state index in [-0.39, 0.29) is 0 Å². The van der Waals surface area contributed by atoms with E-state index in [0.717, 1.165) is 11.8 Å². The van der Waals surface area contributed by atoms with Gasteiger partial charge in [-0.1, -0.05) is 24.5 Å². The van der Waals surface area contributed by atoms with Gasteiger partial charge in [0.1, 0.15) is 0 Å². The van der Waals surface area contributed by atoms with Crippen LogP contribution in [0.3, 0.4) is 0 Å². The normalized spacial score (nSPS) is 30.0. The van der Waals surface area contributed by atoms with Gasteiger partial charge >= 0.3 is 0 Å². The highest BCUT2D eigenvalue weighted by Gasteiger charge is 2.23. The Morgan fingerprint density at radius 3 is 2.15 bits per heavy atom. The molecule has 2 saturated carbocycles. The van der Waals surface area contributed by atoms with Gasteiger partial charge in [0.2, 0.25) is 0 Å². The molecule has 0 aromatic heterocycles. The van der Waals surface area contributed by atoms with Gasteiger partial charge in [-0.05, 0) is 57.3 Å². The van der Waals surface area contributed by atoms with Crippen LogP contribution in [-0.2, 0) is 0 Å². The van der Waals surface area contributed by atoms with Crippen molar-refractivity contribution in [2.45, 2.75) is 58.8 Å². The summed E-state index contributed by atoms with van der Waals surface area (Å²) >= 11 is 0. The topological polar surface area (TPSA) is 0 Å². The first kappa shape index (κ1) is 9.30. The summed E-state index contributed by atoms with van der Waals surface area (Å²) in [6.07, 6.45) is 10.1. The molecular formula is C13H22. The number of hydrogen-bond acceptors (Lipinski definition) is 0. The Morgan fingerprint density at radius 2 is 1.69 bits per heavy atom. The second-order valence-corrected chi connectivity index (χ2v) is 5.10. The Bertz CT molecular complexity index is 198. The lowest BCUT2D eigenvalue weighted by atomic mass is 9.75. The summed E-state index contributed by atoms with van der Waals surface area (Å²) in [5.41, 5.74) is 3.60. The van der Waals surface area contributed by atoms with Gasteiger partial charge < -0.3 is 0 Å². The van der Waals surface area contributed by atoms with Crippen molar-refractivity contribution in [2.24, 2.45) is 11.8 Å². The van der Waals surface area contributed by atoms with Crippen LogP contribution in [0.25, 0.3) is 0 Å². The van der Waals surface area contributed by atoms with Crippen LogP contribution in [0.5, 0.6) is 0 Å². The summed E-state index contributed by atoms with van der Waals surface area (Å²) in [5, 5.41) is 0. The molecule has 0 bridgehead atoms. The van der Waals surface area contributed by atoms with E-state index < -0.39 is 0 Å². The van der Waals surface area contributed by atoms with Gasteiger partial charge in [0.25, 0.3) is 0 Å². The first-order valence-electron chi connectivity index (χ1n) is 5.96. The zero-order valence-electron chi connectivity index (χ0n) is 9.10. The number of rotatable bonds is 1. The molecule has 0 saturated heterocycles. The van der Waals surface area contributed by atoms with Crippen LogP contribution < -0.4 is 0 Å². The smallest absolute Gasteiger partial charge is 0.0203 e. The highest BCUT2D eigenvalue weighted by molar-refractivity contribution is 5.18. The summed E-state index contributed by atoms with van der Waals surface area (Å²) in [6.45, 7) is 4.80. The Kier molecular flexibility index (Phi) is 2.76. The largest absolute Gasteiger partial charge is 0.0710 e. The van der Waals surface area contributed by atoms with Gasteiger partial charge in [-0.25, -0.2) is 0 Å². The van der Waals surface area contributed by atoms with Gasteiger partial charge in [0.05, 0.1) is 0 Å². The fourth-order valence-corrected chi connectivity index (χ4v) is 2.63. The lowest BCUT2D eigenvalue weighted by Crippen LogP contribution is -2.15. The molecule has 0 heteroatoms. The fourth-order valence-electron chi connectivity index (χ4n) is 2.63. The van der Waals surface area contributed by atoms with E-state index in [9.17, 15) is 0 Å². The van der Waals surface area contributed by atoms with Crippen LogP contribution in [0.1, 0.15) is 58.8 Å². The molecule has 2 fully saturated rings. The number of allylic oxidation sites excluding steroid dienone is 2. The van der Waals surface area contributed by atoms with Crippen molar-refractivity contribution in [2.75, 3.05) is 0 Å². The maximum Gasteiger partial charge on any atom is -0.0203 e. The molecule has 2 rings (SSSR count). The Morgan fingerprint density at radius 1 is 1.08 bits per heavy atom. The van der Waals surface area contributed by atoms with E-state index in [1.54, 1.807) is 5.57 Å². The summed E-state index contributed by atoms with van der Waals surface area (Å²) in [7, 11) is 0.